The Labute approximate surface area is 195 Å². The van der Waals surface area contributed by atoms with Crippen molar-refractivity contribution in [3.63, 3.8) is 0 Å². The largest absolute Gasteiger partial charge is 0.496 e. The van der Waals surface area contributed by atoms with E-state index in [4.69, 9.17) is 26.3 Å². The third-order valence-corrected chi connectivity index (χ3v) is 6.41. The van der Waals surface area contributed by atoms with E-state index in [1.54, 1.807) is 7.11 Å². The predicted octanol–water partition coefficient (Wildman–Crippen LogP) is 5.12. The predicted molar refractivity (Wildman–Crippen MR) is 133 cm³/mol. The maximum absolute atomic E-state index is 6.14. The Kier molecular flexibility index (Phi) is 7.33. The van der Waals surface area contributed by atoms with Crippen LogP contribution < -0.4 is 20.3 Å². The van der Waals surface area contributed by atoms with Crippen molar-refractivity contribution in [2.45, 2.75) is 38.3 Å². The maximum Gasteiger partial charge on any atom is 0.225 e. The smallest absolute Gasteiger partial charge is 0.225 e. The van der Waals surface area contributed by atoms with E-state index in [2.05, 4.69) is 16.7 Å². The summed E-state index contributed by atoms with van der Waals surface area (Å²) in [4.78, 5) is 11.6. The lowest BCUT2D eigenvalue weighted by Gasteiger charge is -2.29. The van der Waals surface area contributed by atoms with E-state index in [0.29, 0.717) is 12.0 Å². The van der Waals surface area contributed by atoms with Crippen LogP contribution in [0, 0.1) is 5.92 Å². The second-order valence-electron chi connectivity index (χ2n) is 8.73. The van der Waals surface area contributed by atoms with E-state index >= 15 is 0 Å². The van der Waals surface area contributed by atoms with Gasteiger partial charge in [-0.1, -0.05) is 23.7 Å². The van der Waals surface area contributed by atoms with Crippen molar-refractivity contribution in [2.75, 3.05) is 38.0 Å². The number of hydrogen-bond donors (Lipinski definition) is 2. The van der Waals surface area contributed by atoms with Gasteiger partial charge in [0, 0.05) is 42.7 Å². The van der Waals surface area contributed by atoms with Gasteiger partial charge in [-0.3, -0.25) is 0 Å². The van der Waals surface area contributed by atoms with Crippen LogP contribution in [-0.2, 0) is 6.54 Å². The van der Waals surface area contributed by atoms with Gasteiger partial charge in [0.2, 0.25) is 5.95 Å². The first-order valence-electron chi connectivity index (χ1n) is 11.3. The summed E-state index contributed by atoms with van der Waals surface area (Å²) >= 11 is 6.14. The molecule has 0 saturated heterocycles. The van der Waals surface area contributed by atoms with Crippen molar-refractivity contribution in [3.05, 3.63) is 53.1 Å². The SMILES string of the molecule is COc1ccc(Cl)cc1CNCC1CCC(Nc2nc(N(C)C)c3ccccc3n2)CC1. The first-order chi connectivity index (χ1) is 15.5. The summed E-state index contributed by atoms with van der Waals surface area (Å²) in [6.07, 6.45) is 4.62. The van der Waals surface area contributed by atoms with Gasteiger partial charge in [0.25, 0.3) is 0 Å². The number of methoxy groups -OCH3 is 1. The zero-order valence-corrected chi connectivity index (χ0v) is 19.8. The van der Waals surface area contributed by atoms with Crippen LogP contribution in [0.15, 0.2) is 42.5 Å². The Hall–Kier alpha value is -2.57. The molecule has 1 fully saturated rings. The third kappa shape index (κ3) is 5.43. The fourth-order valence-corrected chi connectivity index (χ4v) is 4.65. The van der Waals surface area contributed by atoms with Crippen molar-refractivity contribution in [1.29, 1.82) is 0 Å². The number of benzene rings is 2. The standard InChI is InChI=1S/C25H32ClN5O/c1-31(2)24-21-6-4-5-7-22(21)29-25(30-24)28-20-11-8-17(9-12-20)15-27-16-18-14-19(26)10-13-23(18)32-3/h4-7,10,13-14,17,20,27H,8-9,11-12,15-16H2,1-3H3,(H,28,29,30). The Bertz CT molecular complexity index is 1050. The normalized spacial score (nSPS) is 18.5. The number of halogens is 1. The number of ether oxygens (including phenoxy) is 1. The van der Waals surface area contributed by atoms with Crippen molar-refractivity contribution in [1.82, 2.24) is 15.3 Å². The van der Waals surface area contributed by atoms with Gasteiger partial charge in [-0.25, -0.2) is 4.98 Å². The first kappa shape index (κ1) is 22.6. The summed E-state index contributed by atoms with van der Waals surface area (Å²) in [5.74, 6) is 3.23. The second-order valence-corrected chi connectivity index (χ2v) is 9.17. The molecule has 7 heteroatoms. The number of nitrogens with one attached hydrogen (secondary N) is 2. The number of nitrogens with zero attached hydrogens (tertiary/aromatic N) is 3. The maximum atomic E-state index is 6.14. The molecule has 0 atom stereocenters. The molecule has 0 aliphatic heterocycles. The molecule has 3 aromatic rings. The van der Waals surface area contributed by atoms with Crippen LogP contribution in [0.4, 0.5) is 11.8 Å². The molecular weight excluding hydrogens is 422 g/mol. The zero-order chi connectivity index (χ0) is 22.5. The molecular formula is C25H32ClN5O. The Morgan fingerprint density at radius 3 is 2.59 bits per heavy atom. The molecule has 0 spiro atoms. The van der Waals surface area contributed by atoms with Crippen molar-refractivity contribution >= 4 is 34.3 Å². The Balaban J connectivity index is 1.30. The van der Waals surface area contributed by atoms with Gasteiger partial charge in [0.15, 0.2) is 0 Å². The highest BCUT2D eigenvalue weighted by Gasteiger charge is 2.22. The van der Waals surface area contributed by atoms with Crippen LogP contribution >= 0.6 is 11.6 Å². The summed E-state index contributed by atoms with van der Waals surface area (Å²) in [5, 5.41) is 9.00. The molecule has 1 aliphatic rings. The van der Waals surface area contributed by atoms with Gasteiger partial charge in [-0.2, -0.15) is 4.98 Å². The van der Waals surface area contributed by atoms with Gasteiger partial charge in [-0.15, -0.1) is 0 Å². The summed E-state index contributed by atoms with van der Waals surface area (Å²) in [6, 6.07) is 14.3. The van der Waals surface area contributed by atoms with Gasteiger partial charge in [-0.05, 0) is 68.5 Å². The van der Waals surface area contributed by atoms with E-state index in [1.165, 1.54) is 12.8 Å². The van der Waals surface area contributed by atoms with E-state index in [0.717, 1.165) is 64.9 Å². The lowest BCUT2D eigenvalue weighted by Crippen LogP contribution is -2.31. The molecule has 0 unspecified atom stereocenters. The molecule has 1 aliphatic carbocycles. The summed E-state index contributed by atoms with van der Waals surface area (Å²) in [6.45, 7) is 1.76. The third-order valence-electron chi connectivity index (χ3n) is 6.18. The molecule has 6 nitrogen and oxygen atoms in total. The number of rotatable bonds is 8. The fraction of sp³-hybridized carbons (Fsp3) is 0.440. The number of aromatic nitrogens is 2. The Morgan fingerprint density at radius 2 is 1.84 bits per heavy atom. The highest BCUT2D eigenvalue weighted by Crippen LogP contribution is 2.28. The minimum Gasteiger partial charge on any atom is -0.496 e. The lowest BCUT2D eigenvalue weighted by atomic mass is 9.86. The lowest BCUT2D eigenvalue weighted by molar-refractivity contribution is 0.322. The monoisotopic (exact) mass is 453 g/mol. The highest BCUT2D eigenvalue weighted by atomic mass is 35.5. The van der Waals surface area contributed by atoms with Gasteiger partial charge in [0.05, 0.1) is 12.6 Å². The van der Waals surface area contributed by atoms with Crippen molar-refractivity contribution < 1.29 is 4.74 Å². The molecule has 170 valence electrons. The molecule has 0 bridgehead atoms. The van der Waals surface area contributed by atoms with Crippen LogP contribution in [0.2, 0.25) is 5.02 Å². The van der Waals surface area contributed by atoms with Crippen LogP contribution in [0.3, 0.4) is 0 Å². The quantitative estimate of drug-likeness (QED) is 0.493. The molecule has 1 aromatic heterocycles. The summed E-state index contributed by atoms with van der Waals surface area (Å²) in [7, 11) is 5.74. The molecule has 1 saturated carbocycles. The highest BCUT2D eigenvalue weighted by molar-refractivity contribution is 6.30. The van der Waals surface area contributed by atoms with Crippen LogP contribution in [-0.4, -0.2) is 43.8 Å². The average Bonchev–Trinajstić information content (AvgIpc) is 2.80. The average molecular weight is 454 g/mol. The van der Waals surface area contributed by atoms with Crippen LogP contribution in [0.25, 0.3) is 10.9 Å². The molecule has 4 rings (SSSR count). The molecule has 0 amide bonds. The van der Waals surface area contributed by atoms with Gasteiger partial charge < -0.3 is 20.3 Å². The Morgan fingerprint density at radius 1 is 1.06 bits per heavy atom. The first-order valence-corrected chi connectivity index (χ1v) is 11.6. The van der Waals surface area contributed by atoms with E-state index in [9.17, 15) is 0 Å². The summed E-state index contributed by atoms with van der Waals surface area (Å²) in [5.41, 5.74) is 2.07. The molecule has 1 heterocycles. The number of anilines is 2. The molecule has 2 N–H and O–H groups in total. The van der Waals surface area contributed by atoms with Crippen molar-refractivity contribution in [3.8, 4) is 5.75 Å². The minimum absolute atomic E-state index is 0.412. The van der Waals surface area contributed by atoms with E-state index in [1.807, 2.05) is 55.4 Å². The van der Waals surface area contributed by atoms with Crippen LogP contribution in [0.1, 0.15) is 31.2 Å². The minimum atomic E-state index is 0.412. The van der Waals surface area contributed by atoms with Gasteiger partial charge in [0.1, 0.15) is 11.6 Å². The fourth-order valence-electron chi connectivity index (χ4n) is 4.46. The topological polar surface area (TPSA) is 62.3 Å². The molecule has 32 heavy (non-hydrogen) atoms. The number of hydrogen-bond acceptors (Lipinski definition) is 6. The summed E-state index contributed by atoms with van der Waals surface area (Å²) < 4.78 is 5.44. The van der Waals surface area contributed by atoms with Crippen molar-refractivity contribution in [2.24, 2.45) is 5.92 Å². The zero-order valence-electron chi connectivity index (χ0n) is 19.1. The molecule has 0 radical (unpaired) electrons. The van der Waals surface area contributed by atoms with E-state index in [-0.39, 0.29) is 0 Å². The second kappa shape index (κ2) is 10.4. The van der Waals surface area contributed by atoms with Gasteiger partial charge >= 0.3 is 0 Å². The number of para-hydroxylation sites is 1. The van der Waals surface area contributed by atoms with Crippen LogP contribution in [0.5, 0.6) is 5.75 Å². The molecule has 2 aromatic carbocycles. The van der Waals surface area contributed by atoms with E-state index < -0.39 is 0 Å². The number of fused-ring (bicyclic) bond motifs is 1.